The van der Waals surface area contributed by atoms with Gasteiger partial charge in [0.2, 0.25) is 0 Å². The van der Waals surface area contributed by atoms with Gasteiger partial charge < -0.3 is 5.32 Å². The molecule has 0 spiro atoms. The van der Waals surface area contributed by atoms with E-state index in [2.05, 4.69) is 5.32 Å². The third kappa shape index (κ3) is 3.21. The van der Waals surface area contributed by atoms with Gasteiger partial charge in [-0.1, -0.05) is 12.1 Å². The maximum Gasteiger partial charge on any atom is 0.255 e. The first kappa shape index (κ1) is 11.4. The molecule has 1 N–H and O–H groups in total. The number of carbonyl (C=O) groups excluding carboxylic acids is 1. The van der Waals surface area contributed by atoms with Crippen LogP contribution in [0.1, 0.15) is 10.4 Å². The zero-order valence-electron chi connectivity index (χ0n) is 7.14. The van der Waals surface area contributed by atoms with Crippen molar-refractivity contribution < 1.29 is 13.6 Å². The third-order valence-electron chi connectivity index (χ3n) is 1.54. The predicted molar refractivity (Wildman–Crippen MR) is 57.5 cm³/mol. The molecule has 5 heteroatoms. The van der Waals surface area contributed by atoms with E-state index in [1.54, 1.807) is 24.3 Å². The van der Waals surface area contributed by atoms with E-state index >= 15 is 0 Å². The van der Waals surface area contributed by atoms with Gasteiger partial charge in [0.15, 0.2) is 0 Å². The Kier molecular flexibility index (Phi) is 4.24. The molecule has 1 amide bonds. The molecule has 1 aromatic carbocycles. The van der Waals surface area contributed by atoms with Crippen LogP contribution in [-0.2, 0) is 0 Å². The molecule has 0 aromatic heterocycles. The second-order valence-corrected chi connectivity index (χ2v) is 3.74. The molecule has 0 atom stereocenters. The summed E-state index contributed by atoms with van der Waals surface area (Å²) < 4.78 is 24.3. The number of benzene rings is 1. The van der Waals surface area contributed by atoms with Crippen molar-refractivity contribution in [3.05, 3.63) is 33.4 Å². The number of halogens is 3. The largest absolute Gasteiger partial charge is 0.346 e. The van der Waals surface area contributed by atoms with Gasteiger partial charge in [-0.25, -0.2) is 8.78 Å². The van der Waals surface area contributed by atoms with Crippen LogP contribution in [0.3, 0.4) is 0 Å². The average Bonchev–Trinajstić information content (AvgIpc) is 2.15. The van der Waals surface area contributed by atoms with Crippen molar-refractivity contribution in [1.82, 2.24) is 5.32 Å². The first-order valence-electron chi connectivity index (χ1n) is 3.92. The van der Waals surface area contributed by atoms with Crippen LogP contribution in [0, 0.1) is 3.57 Å². The minimum atomic E-state index is -2.51. The fourth-order valence-corrected chi connectivity index (χ4v) is 1.54. The van der Waals surface area contributed by atoms with Crippen LogP contribution in [0.5, 0.6) is 0 Å². The Morgan fingerprint density at radius 1 is 1.43 bits per heavy atom. The van der Waals surface area contributed by atoms with Gasteiger partial charge in [-0.2, -0.15) is 0 Å². The summed E-state index contributed by atoms with van der Waals surface area (Å²) in [6, 6.07) is 6.82. The van der Waals surface area contributed by atoms with E-state index in [-0.39, 0.29) is 0 Å². The molecular formula is C9H8F2INO. The van der Waals surface area contributed by atoms with Crippen molar-refractivity contribution in [3.8, 4) is 0 Å². The standard InChI is InChI=1S/C9H8F2INO/c10-8(11)5-13-9(14)6-3-1-2-4-7(6)12/h1-4,8H,5H2,(H,13,14). The summed E-state index contributed by atoms with van der Waals surface area (Å²) in [6.07, 6.45) is -2.51. The zero-order valence-corrected chi connectivity index (χ0v) is 9.29. The highest BCUT2D eigenvalue weighted by atomic mass is 127. The number of amides is 1. The number of hydrogen-bond acceptors (Lipinski definition) is 1. The molecule has 0 aliphatic heterocycles. The predicted octanol–water partition coefficient (Wildman–Crippen LogP) is 2.29. The Morgan fingerprint density at radius 3 is 2.64 bits per heavy atom. The molecule has 14 heavy (non-hydrogen) atoms. The minimum Gasteiger partial charge on any atom is -0.346 e. The molecule has 1 rings (SSSR count). The molecule has 1 aromatic rings. The van der Waals surface area contributed by atoms with Crippen LogP contribution < -0.4 is 5.32 Å². The van der Waals surface area contributed by atoms with Crippen molar-refractivity contribution >= 4 is 28.5 Å². The van der Waals surface area contributed by atoms with Crippen molar-refractivity contribution in [2.24, 2.45) is 0 Å². The van der Waals surface area contributed by atoms with E-state index in [1.165, 1.54) is 0 Å². The van der Waals surface area contributed by atoms with Crippen LogP contribution in [0.25, 0.3) is 0 Å². The lowest BCUT2D eigenvalue weighted by Crippen LogP contribution is -2.28. The molecule has 76 valence electrons. The maximum absolute atomic E-state index is 11.8. The number of rotatable bonds is 3. The average molecular weight is 311 g/mol. The number of alkyl halides is 2. The summed E-state index contributed by atoms with van der Waals surface area (Å²) in [7, 11) is 0. The Bertz CT molecular complexity index is 330. The van der Waals surface area contributed by atoms with Gasteiger partial charge in [0.25, 0.3) is 12.3 Å². The SMILES string of the molecule is O=C(NCC(F)F)c1ccccc1I. The normalized spacial score (nSPS) is 10.3. The van der Waals surface area contributed by atoms with Gasteiger partial charge in [-0.05, 0) is 34.7 Å². The van der Waals surface area contributed by atoms with E-state index in [4.69, 9.17) is 0 Å². The first-order chi connectivity index (χ1) is 6.61. The Hall–Kier alpha value is -0.720. The van der Waals surface area contributed by atoms with E-state index in [1.807, 2.05) is 22.6 Å². The maximum atomic E-state index is 11.8. The zero-order chi connectivity index (χ0) is 10.6. The Labute approximate surface area is 93.8 Å². The van der Waals surface area contributed by atoms with E-state index in [9.17, 15) is 13.6 Å². The van der Waals surface area contributed by atoms with Gasteiger partial charge in [0, 0.05) is 3.57 Å². The molecular weight excluding hydrogens is 303 g/mol. The molecule has 0 fully saturated rings. The van der Waals surface area contributed by atoms with Crippen molar-refractivity contribution in [2.75, 3.05) is 6.54 Å². The lowest BCUT2D eigenvalue weighted by Gasteiger charge is -2.05. The molecule has 0 unspecified atom stereocenters. The summed E-state index contributed by atoms with van der Waals surface area (Å²) in [4.78, 5) is 11.3. The van der Waals surface area contributed by atoms with E-state index < -0.39 is 18.9 Å². The van der Waals surface area contributed by atoms with E-state index in [0.29, 0.717) is 5.56 Å². The molecule has 0 saturated carbocycles. The Morgan fingerprint density at radius 2 is 2.07 bits per heavy atom. The molecule has 0 radical (unpaired) electrons. The molecule has 0 bridgehead atoms. The highest BCUT2D eigenvalue weighted by molar-refractivity contribution is 14.1. The fraction of sp³-hybridized carbons (Fsp3) is 0.222. The quantitative estimate of drug-likeness (QED) is 0.853. The number of nitrogens with one attached hydrogen (secondary N) is 1. The smallest absolute Gasteiger partial charge is 0.255 e. The van der Waals surface area contributed by atoms with Crippen molar-refractivity contribution in [3.63, 3.8) is 0 Å². The summed E-state index contributed by atoms with van der Waals surface area (Å²) in [5, 5.41) is 2.15. The summed E-state index contributed by atoms with van der Waals surface area (Å²) in [5.41, 5.74) is 0.425. The first-order valence-corrected chi connectivity index (χ1v) is 5.00. The van der Waals surface area contributed by atoms with Gasteiger partial charge in [-0.15, -0.1) is 0 Å². The van der Waals surface area contributed by atoms with Crippen LogP contribution in [0.2, 0.25) is 0 Å². The summed E-state index contributed by atoms with van der Waals surface area (Å²) in [5.74, 6) is -0.463. The third-order valence-corrected chi connectivity index (χ3v) is 2.48. The minimum absolute atomic E-state index is 0.425. The monoisotopic (exact) mass is 311 g/mol. The van der Waals surface area contributed by atoms with Crippen molar-refractivity contribution in [1.29, 1.82) is 0 Å². The second-order valence-electron chi connectivity index (χ2n) is 2.58. The van der Waals surface area contributed by atoms with Gasteiger partial charge in [-0.3, -0.25) is 4.79 Å². The van der Waals surface area contributed by atoms with Crippen LogP contribution in [-0.4, -0.2) is 18.9 Å². The summed E-state index contributed by atoms with van der Waals surface area (Å²) >= 11 is 1.98. The number of carbonyl (C=O) groups is 1. The highest BCUT2D eigenvalue weighted by Gasteiger charge is 2.10. The van der Waals surface area contributed by atoms with Gasteiger partial charge in [0.05, 0.1) is 12.1 Å². The topological polar surface area (TPSA) is 29.1 Å². The lowest BCUT2D eigenvalue weighted by atomic mass is 10.2. The lowest BCUT2D eigenvalue weighted by molar-refractivity contribution is 0.0891. The van der Waals surface area contributed by atoms with Crippen LogP contribution in [0.4, 0.5) is 8.78 Å². The Balaban J connectivity index is 2.65. The molecule has 0 aliphatic rings. The summed E-state index contributed by atoms with van der Waals surface area (Å²) in [6.45, 7) is -0.607. The molecule has 0 aliphatic carbocycles. The van der Waals surface area contributed by atoms with Gasteiger partial charge >= 0.3 is 0 Å². The number of hydrogen-bond donors (Lipinski definition) is 1. The molecule has 0 saturated heterocycles. The van der Waals surface area contributed by atoms with Gasteiger partial charge in [0.1, 0.15) is 0 Å². The fourth-order valence-electron chi connectivity index (χ4n) is 0.910. The van der Waals surface area contributed by atoms with Crippen molar-refractivity contribution in [2.45, 2.75) is 6.43 Å². The van der Waals surface area contributed by atoms with Crippen LogP contribution >= 0.6 is 22.6 Å². The van der Waals surface area contributed by atoms with Crippen LogP contribution in [0.15, 0.2) is 24.3 Å². The highest BCUT2D eigenvalue weighted by Crippen LogP contribution is 2.10. The molecule has 2 nitrogen and oxygen atoms in total. The van der Waals surface area contributed by atoms with E-state index in [0.717, 1.165) is 3.57 Å². The molecule has 0 heterocycles. The second kappa shape index (κ2) is 5.23.